The Morgan fingerprint density at radius 3 is 2.79 bits per heavy atom. The number of morpholine rings is 1. The Kier molecular flexibility index (Phi) is 5.47. The van der Waals surface area contributed by atoms with Crippen LogP contribution in [0.25, 0.3) is 0 Å². The van der Waals surface area contributed by atoms with Crippen LogP contribution in [0.1, 0.15) is 24.5 Å². The van der Waals surface area contributed by atoms with E-state index in [0.717, 1.165) is 38.2 Å². The third kappa shape index (κ3) is 4.33. The summed E-state index contributed by atoms with van der Waals surface area (Å²) in [4.78, 5) is 27.3. The molecule has 2 aliphatic rings. The lowest BCUT2D eigenvalue weighted by Gasteiger charge is -2.34. The highest BCUT2D eigenvalue weighted by Gasteiger charge is 2.27. The summed E-state index contributed by atoms with van der Waals surface area (Å²) in [5, 5.41) is 13.2. The van der Waals surface area contributed by atoms with Gasteiger partial charge in [-0.15, -0.1) is 0 Å². The molecule has 0 radical (unpaired) electrons. The fourth-order valence-corrected chi connectivity index (χ4v) is 3.32. The number of likely N-dealkylation sites (tertiary alicyclic amines) is 1. The van der Waals surface area contributed by atoms with Gasteiger partial charge in [-0.05, 0) is 18.9 Å². The first-order valence-electron chi connectivity index (χ1n) is 8.45. The number of hydrogen-bond acceptors (Lipinski definition) is 5. The zero-order chi connectivity index (χ0) is 16.9. The van der Waals surface area contributed by atoms with Gasteiger partial charge >= 0.3 is 5.97 Å². The molecule has 1 N–H and O–H groups in total. The highest BCUT2D eigenvalue weighted by atomic mass is 16.5. The third-order valence-corrected chi connectivity index (χ3v) is 4.61. The topological polar surface area (TPSA) is 87.9 Å². The molecule has 1 atom stereocenters. The third-order valence-electron chi connectivity index (χ3n) is 4.61. The van der Waals surface area contributed by atoms with Gasteiger partial charge in [0.2, 0.25) is 5.91 Å². The number of rotatable bonds is 5. The molecular weight excluding hydrogens is 312 g/mol. The number of carboxylic acids is 1. The second kappa shape index (κ2) is 7.76. The lowest BCUT2D eigenvalue weighted by atomic mass is 9.95. The maximum Gasteiger partial charge on any atom is 0.325 e. The van der Waals surface area contributed by atoms with Crippen molar-refractivity contribution < 1.29 is 19.4 Å². The van der Waals surface area contributed by atoms with Gasteiger partial charge in [0.15, 0.2) is 0 Å². The van der Waals surface area contributed by atoms with Crippen LogP contribution in [0.4, 0.5) is 0 Å². The van der Waals surface area contributed by atoms with Gasteiger partial charge in [-0.3, -0.25) is 19.2 Å². The van der Waals surface area contributed by atoms with Crippen molar-refractivity contribution in [1.29, 1.82) is 0 Å². The van der Waals surface area contributed by atoms with E-state index in [9.17, 15) is 9.59 Å². The molecule has 0 spiro atoms. The maximum atomic E-state index is 12.5. The molecule has 1 amide bonds. The summed E-state index contributed by atoms with van der Waals surface area (Å²) in [6, 6.07) is 1.86. The van der Waals surface area contributed by atoms with Crippen LogP contribution in [0.5, 0.6) is 0 Å². The summed E-state index contributed by atoms with van der Waals surface area (Å²) >= 11 is 0. The van der Waals surface area contributed by atoms with Gasteiger partial charge in [-0.25, -0.2) is 0 Å². The molecule has 8 heteroatoms. The molecule has 0 unspecified atom stereocenters. The molecule has 3 rings (SSSR count). The first-order chi connectivity index (χ1) is 11.6. The fraction of sp³-hybridized carbons (Fsp3) is 0.688. The van der Waals surface area contributed by atoms with Gasteiger partial charge in [0.05, 0.1) is 25.5 Å². The molecular formula is C16H24N4O4. The predicted octanol–water partition coefficient (Wildman–Crippen LogP) is 0.00590. The highest BCUT2D eigenvalue weighted by Crippen LogP contribution is 2.25. The van der Waals surface area contributed by atoms with E-state index in [1.165, 1.54) is 4.68 Å². The quantitative estimate of drug-likeness (QED) is 0.815. The van der Waals surface area contributed by atoms with E-state index in [2.05, 4.69) is 10.00 Å². The molecule has 1 aromatic heterocycles. The van der Waals surface area contributed by atoms with Gasteiger partial charge in [0.1, 0.15) is 6.54 Å². The minimum atomic E-state index is -0.907. The van der Waals surface area contributed by atoms with Crippen molar-refractivity contribution in [2.45, 2.75) is 25.3 Å². The van der Waals surface area contributed by atoms with Crippen LogP contribution in [0, 0.1) is 0 Å². The number of aromatic nitrogens is 2. The summed E-state index contributed by atoms with van der Waals surface area (Å²) in [6.07, 6.45) is 3.62. The number of piperidine rings is 1. The van der Waals surface area contributed by atoms with Crippen molar-refractivity contribution in [3.8, 4) is 0 Å². The van der Waals surface area contributed by atoms with Crippen LogP contribution in [0.2, 0.25) is 0 Å². The number of aliphatic carboxylic acids is 1. The van der Waals surface area contributed by atoms with Crippen LogP contribution in [-0.2, 0) is 20.9 Å². The molecule has 24 heavy (non-hydrogen) atoms. The zero-order valence-electron chi connectivity index (χ0n) is 13.8. The number of amides is 1. The Bertz CT molecular complexity index is 582. The van der Waals surface area contributed by atoms with Crippen LogP contribution < -0.4 is 0 Å². The lowest BCUT2D eigenvalue weighted by molar-refractivity contribution is -0.138. The summed E-state index contributed by atoms with van der Waals surface area (Å²) in [7, 11) is 0. The maximum absolute atomic E-state index is 12.5. The molecule has 0 aliphatic carbocycles. The van der Waals surface area contributed by atoms with Crippen molar-refractivity contribution >= 4 is 11.9 Å². The summed E-state index contributed by atoms with van der Waals surface area (Å²) in [5.74, 6) is -0.565. The lowest BCUT2D eigenvalue weighted by Crippen LogP contribution is -2.47. The summed E-state index contributed by atoms with van der Waals surface area (Å²) < 4.78 is 6.75. The van der Waals surface area contributed by atoms with Gasteiger partial charge in [0, 0.05) is 38.3 Å². The van der Waals surface area contributed by atoms with Gasteiger partial charge in [-0.2, -0.15) is 5.10 Å². The number of carbonyl (C=O) groups excluding carboxylic acids is 1. The Balaban J connectivity index is 1.56. The van der Waals surface area contributed by atoms with Crippen LogP contribution in [0.15, 0.2) is 12.3 Å². The molecule has 8 nitrogen and oxygen atoms in total. The monoisotopic (exact) mass is 336 g/mol. The van der Waals surface area contributed by atoms with Crippen LogP contribution in [-0.4, -0.2) is 82.5 Å². The molecule has 2 aliphatic heterocycles. The molecule has 3 heterocycles. The normalized spacial score (nSPS) is 22.5. The number of hydrogen-bond donors (Lipinski definition) is 1. The Morgan fingerprint density at radius 2 is 2.04 bits per heavy atom. The van der Waals surface area contributed by atoms with E-state index in [1.54, 1.807) is 6.20 Å². The van der Waals surface area contributed by atoms with Gasteiger partial charge in [-0.1, -0.05) is 0 Å². The van der Waals surface area contributed by atoms with E-state index < -0.39 is 5.97 Å². The predicted molar refractivity (Wildman–Crippen MR) is 85.7 cm³/mol. The van der Waals surface area contributed by atoms with Crippen LogP contribution in [0.3, 0.4) is 0 Å². The fourth-order valence-electron chi connectivity index (χ4n) is 3.32. The van der Waals surface area contributed by atoms with Crippen molar-refractivity contribution in [2.24, 2.45) is 0 Å². The Morgan fingerprint density at radius 1 is 1.25 bits per heavy atom. The van der Waals surface area contributed by atoms with E-state index in [0.29, 0.717) is 26.3 Å². The SMILES string of the molecule is O=C(O)Cn1ccc([C@H]2CCCN(C(=O)CN3CCOCC3)C2)n1. The van der Waals surface area contributed by atoms with Crippen molar-refractivity contribution in [3.63, 3.8) is 0 Å². The smallest absolute Gasteiger partial charge is 0.325 e. The van der Waals surface area contributed by atoms with Crippen molar-refractivity contribution in [3.05, 3.63) is 18.0 Å². The molecule has 132 valence electrons. The van der Waals surface area contributed by atoms with E-state index in [4.69, 9.17) is 9.84 Å². The number of carbonyl (C=O) groups is 2. The number of ether oxygens (including phenoxy) is 1. The zero-order valence-corrected chi connectivity index (χ0v) is 13.8. The highest BCUT2D eigenvalue weighted by molar-refractivity contribution is 5.78. The van der Waals surface area contributed by atoms with E-state index in [1.807, 2.05) is 11.0 Å². The van der Waals surface area contributed by atoms with E-state index >= 15 is 0 Å². The molecule has 0 saturated carbocycles. The molecule has 0 aromatic carbocycles. The van der Waals surface area contributed by atoms with Crippen LogP contribution >= 0.6 is 0 Å². The average molecular weight is 336 g/mol. The molecule has 0 bridgehead atoms. The minimum Gasteiger partial charge on any atom is -0.480 e. The number of nitrogens with zero attached hydrogens (tertiary/aromatic N) is 4. The molecule has 1 aromatic rings. The van der Waals surface area contributed by atoms with Crippen molar-refractivity contribution in [1.82, 2.24) is 19.6 Å². The Hall–Kier alpha value is -1.93. The number of carboxylic acid groups (broad SMARTS) is 1. The second-order valence-electron chi connectivity index (χ2n) is 6.40. The second-order valence-corrected chi connectivity index (χ2v) is 6.40. The average Bonchev–Trinajstić information content (AvgIpc) is 3.03. The first-order valence-corrected chi connectivity index (χ1v) is 8.45. The minimum absolute atomic E-state index is 0.133. The van der Waals surface area contributed by atoms with E-state index in [-0.39, 0.29) is 18.4 Å². The first kappa shape index (κ1) is 16.9. The van der Waals surface area contributed by atoms with Gasteiger partial charge < -0.3 is 14.7 Å². The molecule has 2 fully saturated rings. The molecule has 2 saturated heterocycles. The summed E-state index contributed by atoms with van der Waals surface area (Å²) in [5.41, 5.74) is 0.875. The largest absolute Gasteiger partial charge is 0.480 e. The summed E-state index contributed by atoms with van der Waals surface area (Å²) in [6.45, 7) is 4.76. The standard InChI is InChI=1S/C16H24N4O4/c21-15(11-18-6-8-24-9-7-18)19-4-1-2-13(10-19)14-3-5-20(17-14)12-16(22)23/h3,5,13H,1-2,4,6-12H2,(H,22,23)/t13-/m0/s1. The van der Waals surface area contributed by atoms with Gasteiger partial charge in [0.25, 0.3) is 0 Å². The van der Waals surface area contributed by atoms with Crippen molar-refractivity contribution in [2.75, 3.05) is 45.9 Å². The Labute approximate surface area is 141 Å².